The molecule has 1 aromatic heterocycles. The number of carboxylic acid groups (broad SMARTS) is 1. The van der Waals surface area contributed by atoms with Gasteiger partial charge in [-0.1, -0.05) is 18.2 Å². The van der Waals surface area contributed by atoms with Crippen LogP contribution in [0.5, 0.6) is 0 Å². The number of fused-ring (bicyclic) bond motifs is 1. The van der Waals surface area contributed by atoms with Crippen molar-refractivity contribution >= 4 is 22.8 Å². The van der Waals surface area contributed by atoms with E-state index < -0.39 is 5.97 Å². The van der Waals surface area contributed by atoms with Gasteiger partial charge in [0.2, 0.25) is 11.7 Å². The highest BCUT2D eigenvalue weighted by Crippen LogP contribution is 2.26. The van der Waals surface area contributed by atoms with Crippen molar-refractivity contribution in [2.75, 3.05) is 20.6 Å². The Morgan fingerprint density at radius 3 is 2.70 bits per heavy atom. The van der Waals surface area contributed by atoms with E-state index in [-0.39, 0.29) is 18.2 Å². The largest absolute Gasteiger partial charge is 0.475 e. The van der Waals surface area contributed by atoms with E-state index >= 15 is 0 Å². The number of rotatable bonds is 5. The summed E-state index contributed by atoms with van der Waals surface area (Å²) in [6.45, 7) is 0.515. The quantitative estimate of drug-likeness (QED) is 0.860. The minimum atomic E-state index is -1.11. The van der Waals surface area contributed by atoms with E-state index in [4.69, 9.17) is 4.42 Å². The van der Waals surface area contributed by atoms with Crippen molar-refractivity contribution in [3.8, 4) is 0 Å². The summed E-state index contributed by atoms with van der Waals surface area (Å²) in [6, 6.07) is 7.15. The molecule has 2 N–H and O–H groups in total. The van der Waals surface area contributed by atoms with Crippen molar-refractivity contribution < 1.29 is 19.1 Å². The molecule has 0 atom stereocenters. The summed E-state index contributed by atoms with van der Waals surface area (Å²) in [5.41, 5.74) is 1.12. The second-order valence-corrected chi connectivity index (χ2v) is 4.56. The van der Waals surface area contributed by atoms with E-state index in [0.29, 0.717) is 17.7 Å². The van der Waals surface area contributed by atoms with Gasteiger partial charge in [0.05, 0.1) is 6.54 Å². The van der Waals surface area contributed by atoms with Gasteiger partial charge in [0.1, 0.15) is 5.58 Å². The summed E-state index contributed by atoms with van der Waals surface area (Å²) in [5, 5.41) is 12.5. The molecule has 0 aliphatic heterocycles. The number of carbonyl (C=O) groups is 2. The fraction of sp³-hybridized carbons (Fsp3) is 0.286. The third-order valence-corrected chi connectivity index (χ3v) is 3.01. The maximum Gasteiger partial charge on any atom is 0.372 e. The average molecular weight is 276 g/mol. The van der Waals surface area contributed by atoms with E-state index in [0.717, 1.165) is 5.39 Å². The van der Waals surface area contributed by atoms with Crippen LogP contribution in [-0.4, -0.2) is 42.5 Å². The predicted octanol–water partition coefficient (Wildman–Crippen LogP) is 1.31. The Morgan fingerprint density at radius 2 is 2.05 bits per heavy atom. The number of aromatic carboxylic acids is 1. The predicted molar refractivity (Wildman–Crippen MR) is 73.6 cm³/mol. The van der Waals surface area contributed by atoms with Crippen LogP contribution in [0.1, 0.15) is 16.1 Å². The molecule has 1 heterocycles. The van der Waals surface area contributed by atoms with Gasteiger partial charge in [0.25, 0.3) is 0 Å². The first-order valence-electron chi connectivity index (χ1n) is 6.15. The molecule has 106 valence electrons. The Bertz CT molecular complexity index is 648. The normalized spacial score (nSPS) is 10.9. The molecule has 0 fully saturated rings. The molecule has 0 saturated carbocycles. The smallest absolute Gasteiger partial charge is 0.372 e. The number of carboxylic acids is 1. The maximum atomic E-state index is 11.3. The van der Waals surface area contributed by atoms with Crippen LogP contribution in [0.2, 0.25) is 0 Å². The van der Waals surface area contributed by atoms with Crippen LogP contribution < -0.4 is 5.32 Å². The highest BCUT2D eigenvalue weighted by atomic mass is 16.4. The molecule has 2 rings (SSSR count). The van der Waals surface area contributed by atoms with Crippen molar-refractivity contribution in [1.29, 1.82) is 0 Å². The first kappa shape index (κ1) is 14.1. The fourth-order valence-corrected chi connectivity index (χ4v) is 2.08. The number of para-hydroxylation sites is 1. The molecule has 0 radical (unpaired) electrons. The summed E-state index contributed by atoms with van der Waals surface area (Å²) in [7, 11) is 3.31. The van der Waals surface area contributed by atoms with E-state index in [1.807, 2.05) is 12.1 Å². The lowest BCUT2D eigenvalue weighted by Gasteiger charge is -2.15. The summed E-state index contributed by atoms with van der Waals surface area (Å²) in [6.07, 6.45) is 0. The monoisotopic (exact) mass is 276 g/mol. The van der Waals surface area contributed by atoms with Crippen LogP contribution in [0.3, 0.4) is 0 Å². The molecule has 1 aromatic carbocycles. The van der Waals surface area contributed by atoms with E-state index in [1.54, 1.807) is 31.1 Å². The standard InChI is InChI=1S/C14H16N2O4/c1-15-12(17)8-16(2)7-10-9-5-3-4-6-11(9)20-13(10)14(18)19/h3-6H,7-8H2,1-2H3,(H,15,17)(H,18,19). The molecular weight excluding hydrogens is 260 g/mol. The minimum Gasteiger partial charge on any atom is -0.475 e. The summed E-state index contributed by atoms with van der Waals surface area (Å²) in [5.74, 6) is -1.31. The van der Waals surface area contributed by atoms with Crippen molar-refractivity contribution in [3.63, 3.8) is 0 Å². The zero-order chi connectivity index (χ0) is 14.7. The molecule has 0 saturated heterocycles. The van der Waals surface area contributed by atoms with Crippen LogP contribution >= 0.6 is 0 Å². The van der Waals surface area contributed by atoms with E-state index in [9.17, 15) is 14.7 Å². The number of nitrogens with one attached hydrogen (secondary N) is 1. The number of benzene rings is 1. The highest BCUT2D eigenvalue weighted by molar-refractivity contribution is 5.95. The van der Waals surface area contributed by atoms with E-state index in [2.05, 4.69) is 5.32 Å². The number of likely N-dealkylation sites (N-methyl/N-ethyl adjacent to an activating group) is 2. The summed E-state index contributed by atoms with van der Waals surface area (Å²) < 4.78 is 5.37. The molecule has 6 nitrogen and oxygen atoms in total. The molecule has 0 aliphatic rings. The molecule has 0 bridgehead atoms. The van der Waals surface area contributed by atoms with Crippen molar-refractivity contribution in [1.82, 2.24) is 10.2 Å². The lowest BCUT2D eigenvalue weighted by Crippen LogP contribution is -2.32. The number of nitrogens with zero attached hydrogens (tertiary/aromatic N) is 1. The maximum absolute atomic E-state index is 11.3. The first-order chi connectivity index (χ1) is 9.52. The van der Waals surface area contributed by atoms with Crippen LogP contribution in [0.25, 0.3) is 11.0 Å². The summed E-state index contributed by atoms with van der Waals surface area (Å²) in [4.78, 5) is 24.3. The molecular formula is C14H16N2O4. The van der Waals surface area contributed by atoms with E-state index in [1.165, 1.54) is 0 Å². The van der Waals surface area contributed by atoms with Crippen LogP contribution in [0, 0.1) is 0 Å². The molecule has 2 aromatic rings. The summed E-state index contributed by atoms with van der Waals surface area (Å²) >= 11 is 0. The topological polar surface area (TPSA) is 82.8 Å². The average Bonchev–Trinajstić information content (AvgIpc) is 2.78. The van der Waals surface area contributed by atoms with Gasteiger partial charge in [-0.2, -0.15) is 0 Å². The second-order valence-electron chi connectivity index (χ2n) is 4.56. The SMILES string of the molecule is CNC(=O)CN(C)Cc1c(C(=O)O)oc2ccccc12. The van der Waals surface area contributed by atoms with Crippen molar-refractivity contribution in [2.24, 2.45) is 0 Å². The lowest BCUT2D eigenvalue weighted by molar-refractivity contribution is -0.121. The Labute approximate surface area is 116 Å². The number of hydrogen-bond donors (Lipinski definition) is 2. The third-order valence-electron chi connectivity index (χ3n) is 3.01. The Morgan fingerprint density at radius 1 is 1.35 bits per heavy atom. The van der Waals surface area contributed by atoms with Gasteiger partial charge in [-0.15, -0.1) is 0 Å². The second kappa shape index (κ2) is 5.75. The number of carbonyl (C=O) groups excluding carboxylic acids is 1. The van der Waals surface area contributed by atoms with Gasteiger partial charge in [0.15, 0.2) is 0 Å². The number of furan rings is 1. The van der Waals surface area contributed by atoms with Gasteiger partial charge >= 0.3 is 5.97 Å². The molecule has 0 unspecified atom stereocenters. The molecule has 0 aliphatic carbocycles. The Kier molecular flexibility index (Phi) is 4.05. The third kappa shape index (κ3) is 2.80. The van der Waals surface area contributed by atoms with Crippen LogP contribution in [-0.2, 0) is 11.3 Å². The molecule has 6 heteroatoms. The molecule has 20 heavy (non-hydrogen) atoms. The van der Waals surface area contributed by atoms with Crippen LogP contribution in [0.4, 0.5) is 0 Å². The van der Waals surface area contributed by atoms with Gasteiger partial charge in [-0.3, -0.25) is 9.69 Å². The number of amides is 1. The van der Waals surface area contributed by atoms with Crippen molar-refractivity contribution in [3.05, 3.63) is 35.6 Å². The number of hydrogen-bond acceptors (Lipinski definition) is 4. The van der Waals surface area contributed by atoms with Gasteiger partial charge < -0.3 is 14.8 Å². The van der Waals surface area contributed by atoms with Gasteiger partial charge in [-0.05, 0) is 13.1 Å². The fourth-order valence-electron chi connectivity index (χ4n) is 2.08. The lowest BCUT2D eigenvalue weighted by atomic mass is 10.1. The highest BCUT2D eigenvalue weighted by Gasteiger charge is 2.21. The Balaban J connectivity index is 2.34. The minimum absolute atomic E-state index is 0.0741. The molecule has 1 amide bonds. The van der Waals surface area contributed by atoms with Gasteiger partial charge in [-0.25, -0.2) is 4.79 Å². The Hall–Kier alpha value is -2.34. The first-order valence-corrected chi connectivity index (χ1v) is 6.15. The van der Waals surface area contributed by atoms with Crippen LogP contribution in [0.15, 0.2) is 28.7 Å². The molecule has 0 spiro atoms. The van der Waals surface area contributed by atoms with Gasteiger partial charge in [0, 0.05) is 24.5 Å². The van der Waals surface area contributed by atoms with Crippen molar-refractivity contribution in [2.45, 2.75) is 6.54 Å². The zero-order valence-electron chi connectivity index (χ0n) is 11.3. The zero-order valence-corrected chi connectivity index (χ0v) is 11.3.